The van der Waals surface area contributed by atoms with Crippen LogP contribution in [0, 0.1) is 11.8 Å². The maximum absolute atomic E-state index is 12.2. The number of nitrogens with zero attached hydrogens (tertiary/aromatic N) is 2. The smallest absolute Gasteiger partial charge is 0.140 e. The second kappa shape index (κ2) is 5.48. The standard InChI is InChI=1S/C14H22N2O/c1-3-11-5-4-6-13(7-11)14(17)8-12-9-15-16(2)10-12/h9-11,13H,3-8H2,1-2H3. The molecule has 1 fully saturated rings. The third-order valence-electron chi connectivity index (χ3n) is 3.95. The number of hydrogen-bond acceptors (Lipinski definition) is 2. The highest BCUT2D eigenvalue weighted by Crippen LogP contribution is 2.32. The highest BCUT2D eigenvalue weighted by molar-refractivity contribution is 5.83. The van der Waals surface area contributed by atoms with Crippen molar-refractivity contribution in [3.8, 4) is 0 Å². The molecule has 3 heteroatoms. The number of carbonyl (C=O) groups excluding carboxylic acids is 1. The summed E-state index contributed by atoms with van der Waals surface area (Å²) in [5.74, 6) is 1.48. The van der Waals surface area contributed by atoms with Gasteiger partial charge in [-0.1, -0.05) is 26.2 Å². The number of Topliss-reactive ketones (excluding diaryl/α,β-unsaturated/α-hetero) is 1. The maximum atomic E-state index is 12.2. The summed E-state index contributed by atoms with van der Waals surface area (Å²) in [6.45, 7) is 2.23. The Hall–Kier alpha value is -1.12. The second-order valence-corrected chi connectivity index (χ2v) is 5.30. The Labute approximate surface area is 103 Å². The summed E-state index contributed by atoms with van der Waals surface area (Å²) < 4.78 is 1.76. The van der Waals surface area contributed by atoms with Gasteiger partial charge in [-0.25, -0.2) is 0 Å². The Kier molecular flexibility index (Phi) is 3.97. The van der Waals surface area contributed by atoms with Gasteiger partial charge in [0.2, 0.25) is 0 Å². The molecule has 0 radical (unpaired) electrons. The number of hydrogen-bond donors (Lipinski definition) is 0. The van der Waals surface area contributed by atoms with Crippen LogP contribution in [-0.2, 0) is 18.3 Å². The van der Waals surface area contributed by atoms with E-state index in [9.17, 15) is 4.79 Å². The molecular formula is C14H22N2O. The van der Waals surface area contributed by atoms with Gasteiger partial charge in [-0.05, 0) is 24.3 Å². The number of aryl methyl sites for hydroxylation is 1. The van der Waals surface area contributed by atoms with E-state index >= 15 is 0 Å². The molecule has 17 heavy (non-hydrogen) atoms. The van der Waals surface area contributed by atoms with Crippen molar-refractivity contribution in [2.75, 3.05) is 0 Å². The van der Waals surface area contributed by atoms with Gasteiger partial charge in [-0.15, -0.1) is 0 Å². The van der Waals surface area contributed by atoms with Crippen molar-refractivity contribution in [1.29, 1.82) is 0 Å². The van der Waals surface area contributed by atoms with Crippen molar-refractivity contribution in [3.05, 3.63) is 18.0 Å². The van der Waals surface area contributed by atoms with E-state index in [1.54, 1.807) is 10.9 Å². The van der Waals surface area contributed by atoms with Gasteiger partial charge in [-0.3, -0.25) is 9.48 Å². The fourth-order valence-corrected chi connectivity index (χ4v) is 2.86. The van der Waals surface area contributed by atoms with Crippen molar-refractivity contribution in [3.63, 3.8) is 0 Å². The van der Waals surface area contributed by atoms with Gasteiger partial charge < -0.3 is 0 Å². The van der Waals surface area contributed by atoms with E-state index in [1.807, 2.05) is 13.2 Å². The topological polar surface area (TPSA) is 34.9 Å². The number of aromatic nitrogens is 2. The molecule has 0 amide bonds. The molecule has 0 aromatic carbocycles. The first-order valence-corrected chi connectivity index (χ1v) is 6.69. The van der Waals surface area contributed by atoms with Crippen molar-refractivity contribution >= 4 is 5.78 Å². The lowest BCUT2D eigenvalue weighted by atomic mass is 9.77. The maximum Gasteiger partial charge on any atom is 0.140 e. The van der Waals surface area contributed by atoms with E-state index < -0.39 is 0 Å². The summed E-state index contributed by atoms with van der Waals surface area (Å²) in [5.41, 5.74) is 1.05. The van der Waals surface area contributed by atoms with E-state index in [-0.39, 0.29) is 0 Å². The van der Waals surface area contributed by atoms with Gasteiger partial charge in [0.25, 0.3) is 0 Å². The summed E-state index contributed by atoms with van der Waals surface area (Å²) in [6, 6.07) is 0. The Morgan fingerprint density at radius 2 is 2.35 bits per heavy atom. The predicted octanol–water partition coefficient (Wildman–Crippen LogP) is 2.75. The van der Waals surface area contributed by atoms with Crippen LogP contribution in [0.25, 0.3) is 0 Å². The van der Waals surface area contributed by atoms with Crippen molar-refractivity contribution in [2.45, 2.75) is 45.4 Å². The quantitative estimate of drug-likeness (QED) is 0.803. The number of rotatable bonds is 4. The summed E-state index contributed by atoms with van der Waals surface area (Å²) in [6.07, 6.45) is 10.3. The molecule has 1 aromatic rings. The molecule has 0 bridgehead atoms. The molecule has 0 N–H and O–H groups in total. The van der Waals surface area contributed by atoms with Crippen molar-refractivity contribution in [2.24, 2.45) is 18.9 Å². The number of carbonyl (C=O) groups is 1. The van der Waals surface area contributed by atoms with Crippen LogP contribution in [0.1, 0.15) is 44.6 Å². The van der Waals surface area contributed by atoms with E-state index in [4.69, 9.17) is 0 Å². The fraction of sp³-hybridized carbons (Fsp3) is 0.714. The van der Waals surface area contributed by atoms with Gasteiger partial charge in [0, 0.05) is 25.6 Å². The van der Waals surface area contributed by atoms with Gasteiger partial charge in [0.1, 0.15) is 5.78 Å². The molecule has 3 nitrogen and oxygen atoms in total. The molecule has 1 aromatic heterocycles. The molecule has 2 atom stereocenters. The third-order valence-corrected chi connectivity index (χ3v) is 3.95. The molecule has 1 aliphatic rings. The van der Waals surface area contributed by atoms with E-state index in [0.29, 0.717) is 18.1 Å². The van der Waals surface area contributed by atoms with Crippen LogP contribution in [0.4, 0.5) is 0 Å². The summed E-state index contributed by atoms with van der Waals surface area (Å²) in [5, 5.41) is 4.11. The van der Waals surface area contributed by atoms with Gasteiger partial charge in [-0.2, -0.15) is 5.10 Å². The molecule has 0 aliphatic heterocycles. The van der Waals surface area contributed by atoms with E-state index in [1.165, 1.54) is 19.3 Å². The van der Waals surface area contributed by atoms with Crippen LogP contribution < -0.4 is 0 Å². The second-order valence-electron chi connectivity index (χ2n) is 5.30. The SMILES string of the molecule is CCC1CCCC(C(=O)Cc2cnn(C)c2)C1. The van der Waals surface area contributed by atoms with Gasteiger partial charge in [0.15, 0.2) is 0 Å². The first-order chi connectivity index (χ1) is 8.19. The first-order valence-electron chi connectivity index (χ1n) is 6.69. The minimum atomic E-state index is 0.300. The van der Waals surface area contributed by atoms with Crippen LogP contribution in [-0.4, -0.2) is 15.6 Å². The fourth-order valence-electron chi connectivity index (χ4n) is 2.86. The number of ketones is 1. The van der Waals surface area contributed by atoms with E-state index in [0.717, 1.165) is 24.3 Å². The molecule has 94 valence electrons. The molecule has 1 aliphatic carbocycles. The molecule has 2 unspecified atom stereocenters. The lowest BCUT2D eigenvalue weighted by molar-refractivity contribution is -0.123. The van der Waals surface area contributed by atoms with Gasteiger partial charge >= 0.3 is 0 Å². The average Bonchev–Trinajstić information content (AvgIpc) is 2.75. The minimum Gasteiger partial charge on any atom is -0.299 e. The zero-order valence-corrected chi connectivity index (χ0v) is 10.9. The zero-order valence-electron chi connectivity index (χ0n) is 10.9. The van der Waals surface area contributed by atoms with Crippen LogP contribution in [0.15, 0.2) is 12.4 Å². The molecule has 1 saturated carbocycles. The van der Waals surface area contributed by atoms with Crippen molar-refractivity contribution in [1.82, 2.24) is 9.78 Å². The largest absolute Gasteiger partial charge is 0.299 e. The van der Waals surface area contributed by atoms with Crippen LogP contribution in [0.3, 0.4) is 0 Å². The Bertz CT molecular complexity index is 383. The lowest BCUT2D eigenvalue weighted by Gasteiger charge is -2.27. The summed E-state index contributed by atoms with van der Waals surface area (Å²) in [7, 11) is 1.89. The van der Waals surface area contributed by atoms with Crippen LogP contribution >= 0.6 is 0 Å². The summed E-state index contributed by atoms with van der Waals surface area (Å²) in [4.78, 5) is 12.2. The van der Waals surface area contributed by atoms with Crippen molar-refractivity contribution < 1.29 is 4.79 Å². The lowest BCUT2D eigenvalue weighted by Crippen LogP contribution is -2.24. The average molecular weight is 234 g/mol. The third kappa shape index (κ3) is 3.18. The minimum absolute atomic E-state index is 0.300. The summed E-state index contributed by atoms with van der Waals surface area (Å²) >= 11 is 0. The molecule has 1 heterocycles. The molecule has 0 spiro atoms. The normalized spacial score (nSPS) is 24.8. The Morgan fingerprint density at radius 1 is 1.53 bits per heavy atom. The Balaban J connectivity index is 1.91. The van der Waals surface area contributed by atoms with Crippen LogP contribution in [0.5, 0.6) is 0 Å². The first kappa shape index (κ1) is 12.3. The van der Waals surface area contributed by atoms with Crippen LogP contribution in [0.2, 0.25) is 0 Å². The Morgan fingerprint density at radius 3 is 3.00 bits per heavy atom. The zero-order chi connectivity index (χ0) is 12.3. The predicted molar refractivity (Wildman–Crippen MR) is 67.7 cm³/mol. The highest BCUT2D eigenvalue weighted by atomic mass is 16.1. The highest BCUT2D eigenvalue weighted by Gasteiger charge is 2.26. The van der Waals surface area contributed by atoms with E-state index in [2.05, 4.69) is 12.0 Å². The van der Waals surface area contributed by atoms with Gasteiger partial charge in [0.05, 0.1) is 6.20 Å². The molecule has 2 rings (SSSR count). The monoisotopic (exact) mass is 234 g/mol. The molecule has 0 saturated heterocycles. The molecular weight excluding hydrogens is 212 g/mol.